The standard InChI is InChI=1S/C12H16O6/c1-2-16-11(15)10(14)8-7-12(4-3-9(8)13)17-5-6-18-12/h8H,2-7H2,1H3. The van der Waals surface area contributed by atoms with Crippen molar-refractivity contribution < 1.29 is 28.6 Å². The molecule has 0 amide bonds. The lowest BCUT2D eigenvalue weighted by Crippen LogP contribution is -2.45. The number of carbonyl (C=O) groups is 3. The van der Waals surface area contributed by atoms with E-state index in [4.69, 9.17) is 9.47 Å². The first-order chi connectivity index (χ1) is 8.58. The summed E-state index contributed by atoms with van der Waals surface area (Å²) in [4.78, 5) is 35.0. The van der Waals surface area contributed by atoms with Gasteiger partial charge >= 0.3 is 5.97 Å². The van der Waals surface area contributed by atoms with E-state index < -0.39 is 23.5 Å². The molecule has 6 heteroatoms. The number of carbonyl (C=O) groups excluding carboxylic acids is 3. The first-order valence-corrected chi connectivity index (χ1v) is 6.09. The van der Waals surface area contributed by atoms with Crippen molar-refractivity contribution >= 4 is 17.5 Å². The van der Waals surface area contributed by atoms with Crippen LogP contribution in [0.2, 0.25) is 0 Å². The Hall–Kier alpha value is -1.27. The number of hydrogen-bond acceptors (Lipinski definition) is 6. The van der Waals surface area contributed by atoms with Crippen molar-refractivity contribution in [2.24, 2.45) is 5.92 Å². The molecular formula is C12H16O6. The lowest BCUT2D eigenvalue weighted by Gasteiger charge is -2.34. The first kappa shape index (κ1) is 13.2. The summed E-state index contributed by atoms with van der Waals surface area (Å²) >= 11 is 0. The molecule has 18 heavy (non-hydrogen) atoms. The van der Waals surface area contributed by atoms with Gasteiger partial charge in [-0.15, -0.1) is 0 Å². The fraction of sp³-hybridized carbons (Fsp3) is 0.750. The van der Waals surface area contributed by atoms with Crippen LogP contribution in [0, 0.1) is 5.92 Å². The number of ether oxygens (including phenoxy) is 3. The Bertz CT molecular complexity index is 369. The van der Waals surface area contributed by atoms with Crippen LogP contribution in [0.25, 0.3) is 0 Å². The molecule has 1 atom stereocenters. The van der Waals surface area contributed by atoms with Crippen molar-refractivity contribution in [2.75, 3.05) is 19.8 Å². The summed E-state index contributed by atoms with van der Waals surface area (Å²) in [6, 6.07) is 0. The molecule has 2 fully saturated rings. The van der Waals surface area contributed by atoms with Gasteiger partial charge in [-0.1, -0.05) is 0 Å². The second-order valence-electron chi connectivity index (χ2n) is 4.42. The van der Waals surface area contributed by atoms with E-state index in [2.05, 4.69) is 4.74 Å². The molecule has 2 rings (SSSR count). The third-order valence-corrected chi connectivity index (χ3v) is 3.26. The molecule has 100 valence electrons. The fourth-order valence-corrected chi connectivity index (χ4v) is 2.36. The van der Waals surface area contributed by atoms with Crippen LogP contribution in [-0.4, -0.2) is 43.1 Å². The number of hydrogen-bond donors (Lipinski definition) is 0. The van der Waals surface area contributed by atoms with E-state index in [0.29, 0.717) is 19.6 Å². The van der Waals surface area contributed by atoms with Crippen molar-refractivity contribution in [2.45, 2.75) is 32.0 Å². The molecule has 1 heterocycles. The summed E-state index contributed by atoms with van der Waals surface area (Å²) in [7, 11) is 0. The van der Waals surface area contributed by atoms with Crippen LogP contribution in [0.5, 0.6) is 0 Å². The highest BCUT2D eigenvalue weighted by molar-refractivity contribution is 6.38. The molecule has 1 saturated carbocycles. The first-order valence-electron chi connectivity index (χ1n) is 6.09. The number of ketones is 2. The molecule has 0 bridgehead atoms. The maximum absolute atomic E-state index is 11.8. The van der Waals surface area contributed by atoms with Gasteiger partial charge in [-0.05, 0) is 6.92 Å². The Labute approximate surface area is 105 Å². The minimum atomic E-state index is -0.990. The van der Waals surface area contributed by atoms with Crippen molar-refractivity contribution in [1.29, 1.82) is 0 Å². The van der Waals surface area contributed by atoms with E-state index >= 15 is 0 Å². The quantitative estimate of drug-likeness (QED) is 0.408. The molecule has 0 radical (unpaired) electrons. The van der Waals surface area contributed by atoms with E-state index in [9.17, 15) is 14.4 Å². The zero-order valence-corrected chi connectivity index (χ0v) is 10.3. The molecule has 2 aliphatic rings. The zero-order valence-electron chi connectivity index (χ0n) is 10.3. The van der Waals surface area contributed by atoms with Crippen LogP contribution >= 0.6 is 0 Å². The van der Waals surface area contributed by atoms with E-state index in [1.165, 1.54) is 0 Å². The Morgan fingerprint density at radius 3 is 2.67 bits per heavy atom. The Kier molecular flexibility index (Phi) is 3.77. The van der Waals surface area contributed by atoms with Crippen LogP contribution in [0.15, 0.2) is 0 Å². The molecule has 0 aromatic rings. The molecule has 1 unspecified atom stereocenters. The number of rotatable bonds is 3. The van der Waals surface area contributed by atoms with Crippen LogP contribution in [0.4, 0.5) is 0 Å². The van der Waals surface area contributed by atoms with Gasteiger partial charge in [0, 0.05) is 19.3 Å². The molecular weight excluding hydrogens is 240 g/mol. The van der Waals surface area contributed by atoms with Gasteiger partial charge in [0.2, 0.25) is 0 Å². The van der Waals surface area contributed by atoms with Gasteiger partial charge in [-0.3, -0.25) is 9.59 Å². The van der Waals surface area contributed by atoms with E-state index in [0.717, 1.165) is 0 Å². The van der Waals surface area contributed by atoms with E-state index in [1.54, 1.807) is 6.92 Å². The summed E-state index contributed by atoms with van der Waals surface area (Å²) in [5.41, 5.74) is 0. The van der Waals surface area contributed by atoms with E-state index in [-0.39, 0.29) is 25.2 Å². The highest BCUT2D eigenvalue weighted by Gasteiger charge is 2.48. The summed E-state index contributed by atoms with van der Waals surface area (Å²) < 4.78 is 15.6. The largest absolute Gasteiger partial charge is 0.460 e. The number of esters is 1. The van der Waals surface area contributed by atoms with Crippen LogP contribution in [-0.2, 0) is 28.6 Å². The normalized spacial score (nSPS) is 26.3. The lowest BCUT2D eigenvalue weighted by molar-refractivity contribution is -0.191. The Balaban J connectivity index is 2.08. The van der Waals surface area contributed by atoms with Gasteiger partial charge in [0.1, 0.15) is 5.78 Å². The van der Waals surface area contributed by atoms with Gasteiger partial charge in [0.05, 0.1) is 25.7 Å². The maximum atomic E-state index is 11.8. The van der Waals surface area contributed by atoms with Gasteiger partial charge < -0.3 is 14.2 Å². The summed E-state index contributed by atoms with van der Waals surface area (Å²) in [5, 5.41) is 0. The summed E-state index contributed by atoms with van der Waals surface area (Å²) in [6.07, 6.45) is 0.748. The predicted octanol–water partition coefficient (Wildman–Crippen LogP) is 0.231. The Morgan fingerprint density at radius 2 is 2.06 bits per heavy atom. The van der Waals surface area contributed by atoms with Crippen LogP contribution in [0.1, 0.15) is 26.2 Å². The third-order valence-electron chi connectivity index (χ3n) is 3.26. The molecule has 0 aromatic heterocycles. The highest BCUT2D eigenvalue weighted by atomic mass is 16.7. The van der Waals surface area contributed by atoms with Crippen molar-refractivity contribution in [3.63, 3.8) is 0 Å². The molecule has 1 spiro atoms. The minimum Gasteiger partial charge on any atom is -0.460 e. The van der Waals surface area contributed by atoms with Crippen molar-refractivity contribution in [3.05, 3.63) is 0 Å². The molecule has 1 saturated heterocycles. The topological polar surface area (TPSA) is 78.9 Å². The smallest absolute Gasteiger partial charge is 0.375 e. The average Bonchev–Trinajstić information content (AvgIpc) is 2.81. The summed E-state index contributed by atoms with van der Waals surface area (Å²) in [6.45, 7) is 2.63. The second kappa shape index (κ2) is 5.16. The molecule has 1 aliphatic carbocycles. The lowest BCUT2D eigenvalue weighted by atomic mass is 9.81. The van der Waals surface area contributed by atoms with Gasteiger partial charge in [-0.2, -0.15) is 0 Å². The SMILES string of the molecule is CCOC(=O)C(=O)C1CC2(CCC1=O)OCCO2. The predicted molar refractivity (Wildman–Crippen MR) is 58.6 cm³/mol. The molecule has 1 aliphatic heterocycles. The monoisotopic (exact) mass is 256 g/mol. The zero-order chi connectivity index (χ0) is 13.2. The number of Topliss-reactive ketones (excluding diaryl/α,β-unsaturated/α-hetero) is 2. The van der Waals surface area contributed by atoms with Crippen LogP contribution in [0.3, 0.4) is 0 Å². The van der Waals surface area contributed by atoms with Gasteiger partial charge in [0.25, 0.3) is 5.78 Å². The fourth-order valence-electron chi connectivity index (χ4n) is 2.36. The molecule has 6 nitrogen and oxygen atoms in total. The van der Waals surface area contributed by atoms with Crippen molar-refractivity contribution in [1.82, 2.24) is 0 Å². The Morgan fingerprint density at radius 1 is 1.39 bits per heavy atom. The third kappa shape index (κ3) is 2.44. The van der Waals surface area contributed by atoms with E-state index in [1.807, 2.05) is 0 Å². The van der Waals surface area contributed by atoms with Gasteiger partial charge in [0.15, 0.2) is 5.79 Å². The summed E-state index contributed by atoms with van der Waals surface area (Å²) in [5.74, 6) is -3.83. The highest BCUT2D eigenvalue weighted by Crippen LogP contribution is 2.37. The van der Waals surface area contributed by atoms with Crippen LogP contribution < -0.4 is 0 Å². The molecule has 0 N–H and O–H groups in total. The van der Waals surface area contributed by atoms with Crippen molar-refractivity contribution in [3.8, 4) is 0 Å². The maximum Gasteiger partial charge on any atom is 0.375 e. The van der Waals surface area contributed by atoms with Gasteiger partial charge in [-0.25, -0.2) is 4.79 Å². The average molecular weight is 256 g/mol. The second-order valence-corrected chi connectivity index (χ2v) is 4.42. The minimum absolute atomic E-state index is 0.115. The molecule has 0 aromatic carbocycles.